The highest BCUT2D eigenvalue weighted by Gasteiger charge is 2.17. The molecule has 1 saturated heterocycles. The van der Waals surface area contributed by atoms with E-state index in [0.717, 1.165) is 55.1 Å². The number of piperazine rings is 1. The number of anilines is 2. The van der Waals surface area contributed by atoms with Gasteiger partial charge in [0.1, 0.15) is 0 Å². The molecule has 6 heteroatoms. The van der Waals surface area contributed by atoms with Crippen molar-refractivity contribution in [2.45, 2.75) is 0 Å². The smallest absolute Gasteiger partial charge is 0.185 e. The first kappa shape index (κ1) is 14.6. The zero-order valence-electron chi connectivity index (χ0n) is 11.8. The van der Waals surface area contributed by atoms with Crippen LogP contribution in [0, 0.1) is 0 Å². The highest BCUT2D eigenvalue weighted by molar-refractivity contribution is 7.13. The Morgan fingerprint density at radius 2 is 2.10 bits per heavy atom. The number of aromatic nitrogens is 1. The van der Waals surface area contributed by atoms with Crippen LogP contribution in [0.25, 0.3) is 0 Å². The van der Waals surface area contributed by atoms with Crippen LogP contribution in [0.1, 0.15) is 0 Å². The minimum absolute atomic E-state index is 0.775. The lowest BCUT2D eigenvalue weighted by Crippen LogP contribution is -2.47. The van der Waals surface area contributed by atoms with Crippen LogP contribution in [0.4, 0.5) is 10.8 Å². The van der Waals surface area contributed by atoms with Gasteiger partial charge in [0.25, 0.3) is 0 Å². The summed E-state index contributed by atoms with van der Waals surface area (Å²) in [7, 11) is 0. The number of hydrogen-bond donors (Lipinski definition) is 1. The van der Waals surface area contributed by atoms with Gasteiger partial charge in [-0.15, -0.1) is 11.3 Å². The van der Waals surface area contributed by atoms with Crippen molar-refractivity contribution in [3.8, 4) is 0 Å². The Labute approximate surface area is 134 Å². The molecular formula is C15H19ClN4S. The second-order valence-corrected chi connectivity index (χ2v) is 6.39. The second-order valence-electron chi connectivity index (χ2n) is 5.08. The first-order valence-electron chi connectivity index (χ1n) is 7.17. The summed E-state index contributed by atoms with van der Waals surface area (Å²) in [5.74, 6) is 0. The average Bonchev–Trinajstić information content (AvgIpc) is 3.02. The Bertz CT molecular complexity index is 553. The summed E-state index contributed by atoms with van der Waals surface area (Å²) in [6, 6.07) is 7.87. The summed E-state index contributed by atoms with van der Waals surface area (Å²) < 4.78 is 0. The number of thiazole rings is 1. The van der Waals surface area contributed by atoms with Gasteiger partial charge in [0.15, 0.2) is 5.13 Å². The van der Waals surface area contributed by atoms with Gasteiger partial charge in [-0.3, -0.25) is 4.90 Å². The monoisotopic (exact) mass is 322 g/mol. The number of nitrogens with zero attached hydrogens (tertiary/aromatic N) is 3. The highest BCUT2D eigenvalue weighted by Crippen LogP contribution is 2.19. The van der Waals surface area contributed by atoms with Gasteiger partial charge in [-0.05, 0) is 18.2 Å². The molecule has 1 aliphatic rings. The van der Waals surface area contributed by atoms with E-state index in [2.05, 4.69) is 20.1 Å². The van der Waals surface area contributed by atoms with E-state index in [9.17, 15) is 0 Å². The minimum Gasteiger partial charge on any atom is -0.384 e. The van der Waals surface area contributed by atoms with E-state index in [0.29, 0.717) is 0 Å². The van der Waals surface area contributed by atoms with E-state index in [-0.39, 0.29) is 0 Å². The van der Waals surface area contributed by atoms with Gasteiger partial charge >= 0.3 is 0 Å². The van der Waals surface area contributed by atoms with Crippen LogP contribution < -0.4 is 10.2 Å². The minimum atomic E-state index is 0.775. The number of nitrogens with one attached hydrogen (secondary N) is 1. The van der Waals surface area contributed by atoms with Crippen LogP contribution >= 0.6 is 22.9 Å². The molecule has 1 N–H and O–H groups in total. The van der Waals surface area contributed by atoms with Crippen LogP contribution in [-0.2, 0) is 0 Å². The molecule has 0 amide bonds. The summed E-state index contributed by atoms with van der Waals surface area (Å²) in [4.78, 5) is 9.23. The Balaban J connectivity index is 1.40. The molecule has 112 valence electrons. The quantitative estimate of drug-likeness (QED) is 0.917. The fourth-order valence-corrected chi connectivity index (χ4v) is 3.38. The number of benzene rings is 1. The molecule has 0 atom stereocenters. The van der Waals surface area contributed by atoms with Gasteiger partial charge in [-0.25, -0.2) is 4.98 Å². The molecule has 0 bridgehead atoms. The van der Waals surface area contributed by atoms with Crippen molar-refractivity contribution >= 4 is 33.8 Å². The second kappa shape index (κ2) is 7.11. The topological polar surface area (TPSA) is 31.4 Å². The largest absolute Gasteiger partial charge is 0.384 e. The molecule has 0 radical (unpaired) electrons. The van der Waals surface area contributed by atoms with E-state index in [4.69, 9.17) is 11.6 Å². The van der Waals surface area contributed by atoms with Crippen LogP contribution in [0.3, 0.4) is 0 Å². The van der Waals surface area contributed by atoms with Gasteiger partial charge in [-0.2, -0.15) is 0 Å². The van der Waals surface area contributed by atoms with Crippen molar-refractivity contribution < 1.29 is 0 Å². The summed E-state index contributed by atoms with van der Waals surface area (Å²) in [5.41, 5.74) is 1.09. The van der Waals surface area contributed by atoms with Crippen LogP contribution in [0.15, 0.2) is 35.8 Å². The molecule has 0 saturated carbocycles. The highest BCUT2D eigenvalue weighted by atomic mass is 35.5. The standard InChI is InChI=1S/C15H19ClN4S/c16-13-2-1-3-14(12-13)17-4-6-19-7-9-20(10-8-19)15-18-5-11-21-15/h1-3,5,11-12,17H,4,6-10H2. The molecule has 3 rings (SSSR count). The fourth-order valence-electron chi connectivity index (χ4n) is 2.49. The predicted octanol–water partition coefficient (Wildman–Crippen LogP) is 3.03. The fraction of sp³-hybridized carbons (Fsp3) is 0.400. The van der Waals surface area contributed by atoms with E-state index in [1.54, 1.807) is 11.3 Å². The molecule has 4 nitrogen and oxygen atoms in total. The Kier molecular flexibility index (Phi) is 4.95. The third-order valence-electron chi connectivity index (χ3n) is 3.64. The lowest BCUT2D eigenvalue weighted by molar-refractivity contribution is 0.267. The maximum absolute atomic E-state index is 5.98. The summed E-state index contributed by atoms with van der Waals surface area (Å²) in [5, 5.41) is 7.38. The Hall–Kier alpha value is -1.30. The average molecular weight is 323 g/mol. The number of halogens is 1. The molecule has 1 aliphatic heterocycles. The summed E-state index contributed by atoms with van der Waals surface area (Å²) in [6.45, 7) is 6.30. The third-order valence-corrected chi connectivity index (χ3v) is 4.71. The van der Waals surface area contributed by atoms with E-state index in [1.165, 1.54) is 0 Å². The zero-order chi connectivity index (χ0) is 14.5. The number of hydrogen-bond acceptors (Lipinski definition) is 5. The van der Waals surface area contributed by atoms with E-state index >= 15 is 0 Å². The molecule has 1 aromatic heterocycles. The lowest BCUT2D eigenvalue weighted by Gasteiger charge is -2.34. The molecule has 0 aliphatic carbocycles. The maximum atomic E-state index is 5.98. The summed E-state index contributed by atoms with van der Waals surface area (Å²) in [6.07, 6.45) is 1.88. The summed E-state index contributed by atoms with van der Waals surface area (Å²) >= 11 is 7.70. The van der Waals surface area contributed by atoms with Gasteiger partial charge in [0.05, 0.1) is 0 Å². The molecule has 0 spiro atoms. The SMILES string of the molecule is Clc1cccc(NCCN2CCN(c3nccs3)CC2)c1. The van der Waals surface area contributed by atoms with Gasteiger partial charge in [0, 0.05) is 61.6 Å². The van der Waals surface area contributed by atoms with Gasteiger partial charge < -0.3 is 10.2 Å². The van der Waals surface area contributed by atoms with Crippen molar-refractivity contribution in [3.63, 3.8) is 0 Å². The maximum Gasteiger partial charge on any atom is 0.185 e. The molecule has 2 aromatic rings. The Morgan fingerprint density at radius 3 is 2.81 bits per heavy atom. The molecule has 1 aromatic carbocycles. The van der Waals surface area contributed by atoms with Gasteiger partial charge in [-0.1, -0.05) is 17.7 Å². The molecule has 0 unspecified atom stereocenters. The zero-order valence-corrected chi connectivity index (χ0v) is 13.4. The molecule has 2 heterocycles. The Morgan fingerprint density at radius 1 is 1.24 bits per heavy atom. The molecular weight excluding hydrogens is 304 g/mol. The van der Waals surface area contributed by atoms with E-state index in [1.807, 2.05) is 35.8 Å². The van der Waals surface area contributed by atoms with Crippen molar-refractivity contribution in [2.24, 2.45) is 0 Å². The number of rotatable bonds is 5. The van der Waals surface area contributed by atoms with Crippen LogP contribution in [-0.4, -0.2) is 49.2 Å². The van der Waals surface area contributed by atoms with E-state index < -0.39 is 0 Å². The van der Waals surface area contributed by atoms with Crippen molar-refractivity contribution in [1.82, 2.24) is 9.88 Å². The normalized spacial score (nSPS) is 16.1. The van der Waals surface area contributed by atoms with Crippen molar-refractivity contribution in [3.05, 3.63) is 40.9 Å². The van der Waals surface area contributed by atoms with Crippen molar-refractivity contribution in [1.29, 1.82) is 0 Å². The predicted molar refractivity (Wildman–Crippen MR) is 90.7 cm³/mol. The molecule has 1 fully saturated rings. The first-order valence-corrected chi connectivity index (χ1v) is 8.43. The third kappa shape index (κ3) is 4.09. The molecule has 21 heavy (non-hydrogen) atoms. The first-order chi connectivity index (χ1) is 10.3. The van der Waals surface area contributed by atoms with Crippen LogP contribution in [0.5, 0.6) is 0 Å². The lowest BCUT2D eigenvalue weighted by atomic mass is 10.3. The van der Waals surface area contributed by atoms with Crippen molar-refractivity contribution in [2.75, 3.05) is 49.5 Å². The van der Waals surface area contributed by atoms with Crippen LogP contribution in [0.2, 0.25) is 5.02 Å². The van der Waals surface area contributed by atoms with Gasteiger partial charge in [0.2, 0.25) is 0 Å².